The zero-order valence-electron chi connectivity index (χ0n) is 20.5. The molecule has 0 aromatic heterocycles. The number of ketones is 1. The molecule has 2 aromatic carbocycles. The molecule has 38 heavy (non-hydrogen) atoms. The van der Waals surface area contributed by atoms with Gasteiger partial charge < -0.3 is 15.8 Å². The molecule has 2 bridgehead atoms. The zero-order chi connectivity index (χ0) is 27.9. The Bertz CT molecular complexity index is 1170. The normalized spacial score (nSPS) is 26.6. The molecular formula is C26H27F6N3O3. The maximum atomic E-state index is 13.4. The van der Waals surface area contributed by atoms with E-state index in [1.807, 2.05) is 17.0 Å². The average Bonchev–Trinajstić information content (AvgIpc) is 2.82. The van der Waals surface area contributed by atoms with Crippen molar-refractivity contribution in [2.45, 2.75) is 55.7 Å². The molecule has 0 radical (unpaired) electrons. The molecule has 2 aliphatic heterocycles. The first kappa shape index (κ1) is 27.9. The van der Waals surface area contributed by atoms with Crippen LogP contribution in [0.3, 0.4) is 0 Å². The lowest BCUT2D eigenvalue weighted by Gasteiger charge is -2.56. The highest BCUT2D eigenvalue weighted by Gasteiger charge is 2.53. The quantitative estimate of drug-likeness (QED) is 0.493. The second kappa shape index (κ2) is 9.88. The molecule has 2 aliphatic rings. The van der Waals surface area contributed by atoms with Gasteiger partial charge in [-0.05, 0) is 49.1 Å². The van der Waals surface area contributed by atoms with Crippen LogP contribution in [0.25, 0.3) is 0 Å². The van der Waals surface area contributed by atoms with E-state index in [4.69, 9.17) is 10.5 Å². The summed E-state index contributed by atoms with van der Waals surface area (Å²) in [5.41, 5.74) is 1.24. The minimum atomic E-state index is -4.98. The molecule has 2 aromatic rings. The molecular weight excluding hydrogens is 516 g/mol. The number of benzene rings is 2. The SMILES string of the molecule is C[C@@H](OC[C@@]1(c2ccccc2)CC[C@@]2(NC(N)=O)CC(=O)CN1C2)c1cc(C(F)(F)F)cc(C(F)(F)F)c1. The van der Waals surface area contributed by atoms with E-state index in [1.165, 1.54) is 6.92 Å². The Morgan fingerprint density at radius 2 is 1.66 bits per heavy atom. The maximum Gasteiger partial charge on any atom is 0.416 e. The summed E-state index contributed by atoms with van der Waals surface area (Å²) in [5.74, 6) is -0.134. The van der Waals surface area contributed by atoms with E-state index < -0.39 is 46.7 Å². The number of carbonyl (C=O) groups excluding carboxylic acids is 2. The van der Waals surface area contributed by atoms with Gasteiger partial charge in [0.05, 0.1) is 41.5 Å². The highest BCUT2D eigenvalue weighted by Crippen LogP contribution is 2.45. The van der Waals surface area contributed by atoms with Crippen LogP contribution in [0, 0.1) is 0 Å². The Hall–Kier alpha value is -3.12. The van der Waals surface area contributed by atoms with Gasteiger partial charge in [-0.25, -0.2) is 4.79 Å². The van der Waals surface area contributed by atoms with Crippen molar-refractivity contribution in [1.82, 2.24) is 10.2 Å². The van der Waals surface area contributed by atoms with Crippen LogP contribution in [0.1, 0.15) is 54.5 Å². The third-order valence-electron chi connectivity index (χ3n) is 7.37. The summed E-state index contributed by atoms with van der Waals surface area (Å²) < 4.78 is 86.3. The Morgan fingerprint density at radius 3 is 2.21 bits per heavy atom. The first-order valence-electron chi connectivity index (χ1n) is 11.9. The number of carbonyl (C=O) groups is 2. The van der Waals surface area contributed by atoms with E-state index in [0.29, 0.717) is 25.0 Å². The first-order valence-corrected chi connectivity index (χ1v) is 11.9. The monoisotopic (exact) mass is 543 g/mol. The zero-order valence-corrected chi connectivity index (χ0v) is 20.5. The van der Waals surface area contributed by atoms with E-state index in [1.54, 1.807) is 18.2 Å². The third kappa shape index (κ3) is 5.65. The van der Waals surface area contributed by atoms with Crippen LogP contribution in [0.4, 0.5) is 31.1 Å². The van der Waals surface area contributed by atoms with E-state index in [9.17, 15) is 35.9 Å². The van der Waals surface area contributed by atoms with Crippen LogP contribution >= 0.6 is 0 Å². The lowest BCUT2D eigenvalue weighted by Crippen LogP contribution is -2.70. The van der Waals surface area contributed by atoms with Crippen LogP contribution in [0.2, 0.25) is 0 Å². The molecule has 0 aliphatic carbocycles. The molecule has 3 N–H and O–H groups in total. The number of Topliss-reactive ketones (excluding diaryl/α,β-unsaturated/α-hetero) is 1. The van der Waals surface area contributed by atoms with Gasteiger partial charge >= 0.3 is 18.4 Å². The number of fused-ring (bicyclic) bond motifs is 2. The van der Waals surface area contributed by atoms with Crippen molar-refractivity contribution in [3.8, 4) is 0 Å². The number of nitrogens with one attached hydrogen (secondary N) is 1. The number of alkyl halides is 6. The van der Waals surface area contributed by atoms with Crippen LogP contribution < -0.4 is 11.1 Å². The summed E-state index contributed by atoms with van der Waals surface area (Å²) in [7, 11) is 0. The van der Waals surface area contributed by atoms with E-state index >= 15 is 0 Å². The molecule has 0 spiro atoms. The summed E-state index contributed by atoms with van der Waals surface area (Å²) in [6, 6.07) is 9.66. The van der Waals surface area contributed by atoms with Crippen LogP contribution in [-0.4, -0.2) is 41.9 Å². The number of rotatable bonds is 6. The number of piperidine rings is 2. The Morgan fingerprint density at radius 1 is 1.05 bits per heavy atom. The fraction of sp³-hybridized carbons (Fsp3) is 0.462. The van der Waals surface area contributed by atoms with Crippen molar-refractivity contribution < 1.29 is 40.7 Å². The largest absolute Gasteiger partial charge is 0.416 e. The van der Waals surface area contributed by atoms with Crippen LogP contribution in [0.15, 0.2) is 48.5 Å². The lowest BCUT2D eigenvalue weighted by molar-refractivity contribution is -0.143. The molecule has 6 nitrogen and oxygen atoms in total. The number of nitrogens with two attached hydrogens (primary N) is 1. The highest BCUT2D eigenvalue weighted by molar-refractivity contribution is 5.84. The molecule has 2 saturated heterocycles. The summed E-state index contributed by atoms with van der Waals surface area (Å²) in [5, 5.41) is 2.70. The van der Waals surface area contributed by atoms with Gasteiger partial charge in [-0.15, -0.1) is 0 Å². The minimum absolute atomic E-state index is 0.0383. The molecule has 1 unspecified atom stereocenters. The molecule has 2 heterocycles. The van der Waals surface area contributed by atoms with Gasteiger partial charge in [0.25, 0.3) is 0 Å². The maximum absolute atomic E-state index is 13.4. The van der Waals surface area contributed by atoms with Crippen LogP contribution in [-0.2, 0) is 27.4 Å². The van der Waals surface area contributed by atoms with E-state index in [0.717, 1.165) is 5.56 Å². The fourth-order valence-corrected chi connectivity index (χ4v) is 5.50. The third-order valence-corrected chi connectivity index (χ3v) is 7.37. The topological polar surface area (TPSA) is 84.7 Å². The van der Waals surface area contributed by atoms with Crippen molar-refractivity contribution in [1.29, 1.82) is 0 Å². The molecule has 2 amide bonds. The lowest BCUT2D eigenvalue weighted by atomic mass is 9.70. The molecule has 4 rings (SSSR count). The van der Waals surface area contributed by atoms with Crippen molar-refractivity contribution in [3.63, 3.8) is 0 Å². The second-order valence-electron chi connectivity index (χ2n) is 10.0. The Kier molecular flexibility index (Phi) is 7.26. The van der Waals surface area contributed by atoms with Crippen molar-refractivity contribution >= 4 is 11.8 Å². The van der Waals surface area contributed by atoms with Gasteiger partial charge in [0, 0.05) is 13.0 Å². The van der Waals surface area contributed by atoms with Crippen molar-refractivity contribution in [2.75, 3.05) is 19.7 Å². The van der Waals surface area contributed by atoms with Gasteiger partial charge in [0.2, 0.25) is 0 Å². The number of hydrogen-bond donors (Lipinski definition) is 2. The van der Waals surface area contributed by atoms with E-state index in [-0.39, 0.29) is 43.5 Å². The van der Waals surface area contributed by atoms with E-state index in [2.05, 4.69) is 5.32 Å². The molecule has 0 saturated carbocycles. The highest BCUT2D eigenvalue weighted by atomic mass is 19.4. The van der Waals surface area contributed by atoms with Gasteiger partial charge in [0.15, 0.2) is 0 Å². The van der Waals surface area contributed by atoms with Gasteiger partial charge in [-0.1, -0.05) is 30.3 Å². The number of halogens is 6. The number of amides is 2. The fourth-order valence-electron chi connectivity index (χ4n) is 5.50. The summed E-state index contributed by atoms with van der Waals surface area (Å²) in [4.78, 5) is 26.2. The molecule has 206 valence electrons. The predicted octanol–water partition coefficient (Wildman–Crippen LogP) is 5.17. The first-order chi connectivity index (χ1) is 17.6. The predicted molar refractivity (Wildman–Crippen MR) is 125 cm³/mol. The summed E-state index contributed by atoms with van der Waals surface area (Å²) in [6.45, 7) is 1.58. The average molecular weight is 544 g/mol. The van der Waals surface area contributed by atoms with Crippen LogP contribution in [0.5, 0.6) is 0 Å². The Balaban J connectivity index is 1.67. The van der Waals surface area contributed by atoms with Crippen molar-refractivity contribution in [3.05, 3.63) is 70.8 Å². The number of hydrogen-bond acceptors (Lipinski definition) is 4. The molecule has 2 fully saturated rings. The standard InChI is InChI=1S/C26H27F6N3O3/c1-16(17-9-19(25(27,28)29)11-20(10-17)26(30,31)32)38-15-24(18-5-3-2-4-6-18)8-7-23(34-22(33)37)12-21(36)13-35(24)14-23/h2-6,9-11,16H,7-8,12-15H2,1H3,(H3,33,34,37)/t16-,23-,24-/m1/s1. The number of urea groups is 1. The van der Waals surface area contributed by atoms with Gasteiger partial charge in [-0.2, -0.15) is 26.3 Å². The number of ether oxygens (including phenoxy) is 1. The minimum Gasteiger partial charge on any atom is -0.372 e. The summed E-state index contributed by atoms with van der Waals surface area (Å²) in [6.07, 6.45) is -10.2. The smallest absolute Gasteiger partial charge is 0.372 e. The molecule has 12 heteroatoms. The summed E-state index contributed by atoms with van der Waals surface area (Å²) >= 11 is 0. The molecule has 4 atom stereocenters. The number of nitrogens with zero attached hydrogens (tertiary/aromatic N) is 1. The Labute approximate surface area is 215 Å². The number of primary amides is 1. The van der Waals surface area contributed by atoms with Crippen molar-refractivity contribution in [2.24, 2.45) is 5.73 Å². The van der Waals surface area contributed by atoms with Gasteiger partial charge in [-0.3, -0.25) is 9.69 Å². The second-order valence-corrected chi connectivity index (χ2v) is 10.0. The van der Waals surface area contributed by atoms with Gasteiger partial charge in [0.1, 0.15) is 5.78 Å².